The van der Waals surface area contributed by atoms with Crippen molar-refractivity contribution < 1.29 is 18.8 Å². The van der Waals surface area contributed by atoms with Crippen molar-refractivity contribution >= 4 is 11.7 Å². The minimum absolute atomic E-state index is 0.0112. The van der Waals surface area contributed by atoms with Crippen LogP contribution in [-0.2, 0) is 9.53 Å². The molecule has 1 rings (SSSR count). The minimum Gasteiger partial charge on any atom is -0.466 e. The van der Waals surface area contributed by atoms with Crippen LogP contribution < -0.4 is 0 Å². The molecule has 0 bridgehead atoms. The van der Waals surface area contributed by atoms with Crippen molar-refractivity contribution in [1.82, 2.24) is 0 Å². The van der Waals surface area contributed by atoms with Gasteiger partial charge in [0.2, 0.25) is 5.82 Å². The molecule has 0 spiro atoms. The lowest BCUT2D eigenvalue weighted by Crippen LogP contribution is -2.06. The average Bonchev–Trinajstić information content (AvgIpc) is 2.44. The third kappa shape index (κ3) is 4.73. The molecule has 1 atom stereocenters. The second-order valence-corrected chi connectivity index (χ2v) is 4.03. The molecule has 112 valence electrons. The molecule has 9 heteroatoms. The zero-order valence-corrected chi connectivity index (χ0v) is 11.2. The summed E-state index contributed by atoms with van der Waals surface area (Å²) in [5, 5.41) is 14.2. The number of esters is 1. The van der Waals surface area contributed by atoms with Crippen molar-refractivity contribution in [2.75, 3.05) is 6.61 Å². The Morgan fingerprint density at radius 2 is 2.33 bits per heavy atom. The van der Waals surface area contributed by atoms with E-state index in [9.17, 15) is 19.3 Å². The van der Waals surface area contributed by atoms with E-state index in [4.69, 9.17) is 10.3 Å². The Morgan fingerprint density at radius 1 is 1.62 bits per heavy atom. The number of rotatable bonds is 7. The van der Waals surface area contributed by atoms with E-state index in [0.717, 1.165) is 12.1 Å². The smallest absolute Gasteiger partial charge is 0.305 e. The number of azide groups is 1. The van der Waals surface area contributed by atoms with Crippen LogP contribution in [0.1, 0.15) is 31.4 Å². The lowest BCUT2D eigenvalue weighted by atomic mass is 10.0. The van der Waals surface area contributed by atoms with Gasteiger partial charge in [0, 0.05) is 17.4 Å². The summed E-state index contributed by atoms with van der Waals surface area (Å²) < 4.78 is 18.0. The van der Waals surface area contributed by atoms with Crippen LogP contribution in [0.3, 0.4) is 0 Å². The first kappa shape index (κ1) is 16.4. The molecular weight excluding hydrogens is 283 g/mol. The average molecular weight is 296 g/mol. The second kappa shape index (κ2) is 7.81. The molecule has 0 saturated heterocycles. The molecule has 0 heterocycles. The number of hydrogen-bond acceptors (Lipinski definition) is 5. The van der Waals surface area contributed by atoms with Crippen molar-refractivity contribution in [3.63, 3.8) is 0 Å². The van der Waals surface area contributed by atoms with Crippen molar-refractivity contribution in [3.05, 3.63) is 50.1 Å². The molecule has 0 radical (unpaired) electrons. The van der Waals surface area contributed by atoms with E-state index in [2.05, 4.69) is 10.0 Å². The summed E-state index contributed by atoms with van der Waals surface area (Å²) in [5.74, 6) is -1.44. The number of nitrogens with zero attached hydrogens (tertiary/aromatic N) is 4. The Bertz CT molecular complexity index is 587. The van der Waals surface area contributed by atoms with Gasteiger partial charge in [-0.2, -0.15) is 4.39 Å². The first-order valence-electron chi connectivity index (χ1n) is 6.13. The molecule has 0 N–H and O–H groups in total. The van der Waals surface area contributed by atoms with Gasteiger partial charge in [-0.05, 0) is 30.5 Å². The fraction of sp³-hybridized carbons (Fsp3) is 0.417. The summed E-state index contributed by atoms with van der Waals surface area (Å²) in [5.41, 5.74) is 8.10. The van der Waals surface area contributed by atoms with Crippen LogP contribution in [0.25, 0.3) is 10.4 Å². The molecule has 0 fully saturated rings. The molecule has 0 saturated carbocycles. The second-order valence-electron chi connectivity index (χ2n) is 4.03. The van der Waals surface area contributed by atoms with Gasteiger partial charge in [0.25, 0.3) is 0 Å². The van der Waals surface area contributed by atoms with E-state index >= 15 is 0 Å². The Balaban J connectivity index is 2.95. The van der Waals surface area contributed by atoms with Gasteiger partial charge in [0.05, 0.1) is 17.6 Å². The molecule has 8 nitrogen and oxygen atoms in total. The number of carbonyl (C=O) groups is 1. The molecule has 0 amide bonds. The van der Waals surface area contributed by atoms with Gasteiger partial charge < -0.3 is 4.74 Å². The van der Waals surface area contributed by atoms with Crippen LogP contribution >= 0.6 is 0 Å². The molecule has 0 aliphatic heterocycles. The van der Waals surface area contributed by atoms with Gasteiger partial charge >= 0.3 is 11.7 Å². The number of hydrogen-bond donors (Lipinski definition) is 0. The quantitative estimate of drug-likeness (QED) is 0.191. The van der Waals surface area contributed by atoms with Crippen LogP contribution in [0.4, 0.5) is 10.1 Å². The first-order chi connectivity index (χ1) is 9.99. The molecule has 0 aliphatic carbocycles. The Hall–Kier alpha value is -2.67. The van der Waals surface area contributed by atoms with E-state index in [1.165, 1.54) is 6.07 Å². The third-order valence-electron chi connectivity index (χ3n) is 2.67. The van der Waals surface area contributed by atoms with E-state index < -0.39 is 28.4 Å². The maximum atomic E-state index is 13.3. The fourth-order valence-corrected chi connectivity index (χ4v) is 1.72. The third-order valence-corrected chi connectivity index (χ3v) is 2.67. The minimum atomic E-state index is -0.978. The topological polar surface area (TPSA) is 118 Å². The van der Waals surface area contributed by atoms with Crippen molar-refractivity contribution in [2.45, 2.75) is 25.8 Å². The van der Waals surface area contributed by atoms with Crippen LogP contribution in [0, 0.1) is 15.9 Å². The molecule has 1 unspecified atom stereocenters. The summed E-state index contributed by atoms with van der Waals surface area (Å²) in [6.07, 6.45) is 0.106. The SMILES string of the molecule is CCOC(=O)CCC(N=[N+]=[N-])c1ccc(F)c([N+](=O)[O-])c1. The number of nitro groups is 1. The number of benzene rings is 1. The summed E-state index contributed by atoms with van der Waals surface area (Å²) in [7, 11) is 0. The van der Waals surface area contributed by atoms with Crippen LogP contribution in [-0.4, -0.2) is 17.5 Å². The molecule has 1 aromatic carbocycles. The van der Waals surface area contributed by atoms with E-state index in [0.29, 0.717) is 0 Å². The van der Waals surface area contributed by atoms with Crippen molar-refractivity contribution in [3.8, 4) is 0 Å². The zero-order valence-electron chi connectivity index (χ0n) is 11.2. The number of nitro benzene ring substituents is 1. The van der Waals surface area contributed by atoms with Gasteiger partial charge in [-0.1, -0.05) is 11.2 Å². The van der Waals surface area contributed by atoms with Gasteiger partial charge in [-0.25, -0.2) is 0 Å². The lowest BCUT2D eigenvalue weighted by molar-refractivity contribution is -0.387. The summed E-state index contributed by atoms with van der Waals surface area (Å²) in [6.45, 7) is 1.89. The Kier molecular flexibility index (Phi) is 6.09. The van der Waals surface area contributed by atoms with E-state index in [1.54, 1.807) is 6.92 Å². The number of carbonyl (C=O) groups excluding carboxylic acids is 1. The molecule has 1 aromatic rings. The zero-order chi connectivity index (χ0) is 15.8. The highest BCUT2D eigenvalue weighted by atomic mass is 19.1. The van der Waals surface area contributed by atoms with Crippen LogP contribution in [0.15, 0.2) is 23.3 Å². The maximum absolute atomic E-state index is 13.3. The molecule has 0 aromatic heterocycles. The Labute approximate surface area is 119 Å². The highest BCUT2D eigenvalue weighted by molar-refractivity contribution is 5.69. The highest BCUT2D eigenvalue weighted by Crippen LogP contribution is 2.28. The molecular formula is C12H13FN4O4. The van der Waals surface area contributed by atoms with Gasteiger partial charge in [0.15, 0.2) is 0 Å². The predicted molar refractivity (Wildman–Crippen MR) is 70.8 cm³/mol. The highest BCUT2D eigenvalue weighted by Gasteiger charge is 2.19. The molecule has 21 heavy (non-hydrogen) atoms. The standard InChI is InChI=1S/C12H13FN4O4/c1-2-21-12(18)6-5-10(15-16-14)8-3-4-9(13)11(7-8)17(19)20/h3-4,7,10H,2,5-6H2,1H3. The predicted octanol–water partition coefficient (Wildman–Crippen LogP) is 3.43. The fourth-order valence-electron chi connectivity index (χ4n) is 1.72. The van der Waals surface area contributed by atoms with Crippen molar-refractivity contribution in [2.24, 2.45) is 5.11 Å². The Morgan fingerprint density at radius 3 is 2.90 bits per heavy atom. The summed E-state index contributed by atoms with van der Waals surface area (Å²) in [6, 6.07) is 2.41. The normalized spacial score (nSPS) is 11.3. The van der Waals surface area contributed by atoms with Crippen molar-refractivity contribution in [1.29, 1.82) is 0 Å². The van der Waals surface area contributed by atoms with Crippen LogP contribution in [0.2, 0.25) is 0 Å². The monoisotopic (exact) mass is 296 g/mol. The van der Waals surface area contributed by atoms with E-state index in [1.807, 2.05) is 0 Å². The largest absolute Gasteiger partial charge is 0.466 e. The van der Waals surface area contributed by atoms with Gasteiger partial charge in [-0.3, -0.25) is 14.9 Å². The van der Waals surface area contributed by atoms with Crippen LogP contribution in [0.5, 0.6) is 0 Å². The van der Waals surface area contributed by atoms with Gasteiger partial charge in [-0.15, -0.1) is 0 Å². The molecule has 0 aliphatic rings. The first-order valence-corrected chi connectivity index (χ1v) is 6.13. The van der Waals surface area contributed by atoms with Gasteiger partial charge in [0.1, 0.15) is 0 Å². The number of ether oxygens (including phenoxy) is 1. The van der Waals surface area contributed by atoms with E-state index in [-0.39, 0.29) is 25.0 Å². The lowest BCUT2D eigenvalue weighted by Gasteiger charge is -2.11. The number of halogens is 1. The maximum Gasteiger partial charge on any atom is 0.305 e. The summed E-state index contributed by atoms with van der Waals surface area (Å²) in [4.78, 5) is 23.8. The summed E-state index contributed by atoms with van der Waals surface area (Å²) >= 11 is 0.